The van der Waals surface area contributed by atoms with Crippen LogP contribution in [-0.4, -0.2) is 4.98 Å². The Bertz CT molecular complexity index is 503. The third-order valence-electron chi connectivity index (χ3n) is 2.13. The van der Waals surface area contributed by atoms with Crippen LogP contribution in [0.2, 0.25) is 5.02 Å². The molecule has 84 valence electrons. The SMILES string of the molecule is O=c1[nH]c(CNCc2ccc(Cl)cc2)cs1. The molecule has 0 unspecified atom stereocenters. The van der Waals surface area contributed by atoms with E-state index in [9.17, 15) is 4.79 Å². The third kappa shape index (κ3) is 3.20. The average Bonchev–Trinajstić information content (AvgIpc) is 2.67. The number of aromatic nitrogens is 1. The van der Waals surface area contributed by atoms with E-state index >= 15 is 0 Å². The summed E-state index contributed by atoms with van der Waals surface area (Å²) in [5.74, 6) is 0. The summed E-state index contributed by atoms with van der Waals surface area (Å²) < 4.78 is 0. The number of rotatable bonds is 4. The van der Waals surface area contributed by atoms with Crippen LogP contribution in [0.3, 0.4) is 0 Å². The molecule has 0 saturated carbocycles. The van der Waals surface area contributed by atoms with Crippen molar-refractivity contribution in [3.05, 3.63) is 55.6 Å². The third-order valence-corrected chi connectivity index (χ3v) is 3.10. The highest BCUT2D eigenvalue weighted by molar-refractivity contribution is 7.07. The first-order valence-corrected chi connectivity index (χ1v) is 6.11. The van der Waals surface area contributed by atoms with E-state index in [0.29, 0.717) is 6.54 Å². The Labute approximate surface area is 102 Å². The molecule has 0 aliphatic rings. The molecule has 1 aromatic heterocycles. The van der Waals surface area contributed by atoms with Crippen molar-refractivity contribution in [2.24, 2.45) is 0 Å². The molecule has 0 atom stereocenters. The first-order chi connectivity index (χ1) is 7.74. The van der Waals surface area contributed by atoms with E-state index in [1.54, 1.807) is 0 Å². The van der Waals surface area contributed by atoms with Gasteiger partial charge in [-0.3, -0.25) is 4.79 Å². The van der Waals surface area contributed by atoms with Crippen LogP contribution >= 0.6 is 22.9 Å². The number of halogens is 1. The van der Waals surface area contributed by atoms with Gasteiger partial charge in [-0.05, 0) is 17.7 Å². The molecule has 0 spiro atoms. The van der Waals surface area contributed by atoms with Gasteiger partial charge in [-0.25, -0.2) is 0 Å². The molecule has 1 aromatic carbocycles. The monoisotopic (exact) mass is 254 g/mol. The molecule has 2 N–H and O–H groups in total. The zero-order chi connectivity index (χ0) is 11.4. The fourth-order valence-corrected chi connectivity index (χ4v) is 2.05. The Balaban J connectivity index is 1.84. The van der Waals surface area contributed by atoms with Crippen LogP contribution in [0, 0.1) is 0 Å². The number of nitrogens with one attached hydrogen (secondary N) is 2. The van der Waals surface area contributed by atoms with Gasteiger partial charge in [0.1, 0.15) is 0 Å². The summed E-state index contributed by atoms with van der Waals surface area (Å²) in [6.07, 6.45) is 0. The first kappa shape index (κ1) is 11.4. The van der Waals surface area contributed by atoms with E-state index in [4.69, 9.17) is 11.6 Å². The summed E-state index contributed by atoms with van der Waals surface area (Å²) in [7, 11) is 0. The summed E-state index contributed by atoms with van der Waals surface area (Å²) >= 11 is 6.97. The number of hydrogen-bond acceptors (Lipinski definition) is 3. The predicted octanol–water partition coefficient (Wildman–Crippen LogP) is 2.38. The molecular formula is C11H11ClN2OS. The van der Waals surface area contributed by atoms with Gasteiger partial charge < -0.3 is 10.3 Å². The molecule has 0 fully saturated rings. The lowest BCUT2D eigenvalue weighted by Crippen LogP contribution is -2.13. The normalized spacial score (nSPS) is 10.6. The molecule has 0 aliphatic carbocycles. The number of thiazole rings is 1. The van der Waals surface area contributed by atoms with Crippen LogP contribution in [0.5, 0.6) is 0 Å². The molecule has 2 rings (SSSR count). The van der Waals surface area contributed by atoms with Gasteiger partial charge in [-0.15, -0.1) is 0 Å². The Morgan fingerprint density at radius 1 is 1.25 bits per heavy atom. The molecule has 0 bridgehead atoms. The zero-order valence-corrected chi connectivity index (χ0v) is 10.1. The van der Waals surface area contributed by atoms with Crippen molar-refractivity contribution in [3.8, 4) is 0 Å². The van der Waals surface area contributed by atoms with Gasteiger partial charge in [0.15, 0.2) is 0 Å². The van der Waals surface area contributed by atoms with E-state index in [-0.39, 0.29) is 4.87 Å². The molecule has 1 heterocycles. The first-order valence-electron chi connectivity index (χ1n) is 4.86. The lowest BCUT2D eigenvalue weighted by Gasteiger charge is -2.03. The van der Waals surface area contributed by atoms with Crippen LogP contribution in [0.4, 0.5) is 0 Å². The van der Waals surface area contributed by atoms with Crippen molar-refractivity contribution in [2.75, 3.05) is 0 Å². The van der Waals surface area contributed by atoms with Crippen LogP contribution in [0.1, 0.15) is 11.3 Å². The molecule has 16 heavy (non-hydrogen) atoms. The average molecular weight is 255 g/mol. The van der Waals surface area contributed by atoms with E-state index in [1.165, 1.54) is 16.9 Å². The molecule has 3 nitrogen and oxygen atoms in total. The lowest BCUT2D eigenvalue weighted by atomic mass is 10.2. The van der Waals surface area contributed by atoms with E-state index in [0.717, 1.165) is 17.3 Å². The Morgan fingerprint density at radius 2 is 2.00 bits per heavy atom. The maximum atomic E-state index is 10.9. The molecule has 2 aromatic rings. The zero-order valence-electron chi connectivity index (χ0n) is 8.50. The van der Waals surface area contributed by atoms with E-state index in [2.05, 4.69) is 10.3 Å². The Morgan fingerprint density at radius 3 is 2.62 bits per heavy atom. The van der Waals surface area contributed by atoms with Gasteiger partial charge in [-0.2, -0.15) is 0 Å². The maximum Gasteiger partial charge on any atom is 0.304 e. The topological polar surface area (TPSA) is 44.9 Å². The second-order valence-corrected chi connectivity index (χ2v) is 4.68. The Hall–Kier alpha value is -1.10. The van der Waals surface area contributed by atoms with E-state index in [1.807, 2.05) is 29.6 Å². The molecule has 5 heteroatoms. The van der Waals surface area contributed by atoms with Gasteiger partial charge >= 0.3 is 4.87 Å². The quantitative estimate of drug-likeness (QED) is 0.880. The molecular weight excluding hydrogens is 244 g/mol. The number of benzene rings is 1. The number of aromatic amines is 1. The van der Waals surface area contributed by atoms with Gasteiger partial charge in [0.25, 0.3) is 0 Å². The maximum absolute atomic E-state index is 10.9. The van der Waals surface area contributed by atoms with E-state index < -0.39 is 0 Å². The van der Waals surface area contributed by atoms with Crippen molar-refractivity contribution < 1.29 is 0 Å². The summed E-state index contributed by atoms with van der Waals surface area (Å²) in [6.45, 7) is 1.43. The highest BCUT2D eigenvalue weighted by Crippen LogP contribution is 2.09. The highest BCUT2D eigenvalue weighted by Gasteiger charge is 1.96. The van der Waals surface area contributed by atoms with Gasteiger partial charge in [0, 0.05) is 29.2 Å². The molecule has 0 saturated heterocycles. The van der Waals surface area contributed by atoms with Crippen LogP contribution < -0.4 is 10.2 Å². The summed E-state index contributed by atoms with van der Waals surface area (Å²) in [5, 5.41) is 5.82. The fraction of sp³-hybridized carbons (Fsp3) is 0.182. The lowest BCUT2D eigenvalue weighted by molar-refractivity contribution is 0.682. The standard InChI is InChI=1S/C11H11ClN2OS/c12-9-3-1-8(2-4-9)5-13-6-10-7-16-11(15)14-10/h1-4,7,13H,5-6H2,(H,14,15). The Kier molecular flexibility index (Phi) is 3.77. The van der Waals surface area contributed by atoms with Crippen molar-refractivity contribution in [1.82, 2.24) is 10.3 Å². The van der Waals surface area contributed by atoms with Gasteiger partial charge in [0.05, 0.1) is 0 Å². The summed E-state index contributed by atoms with van der Waals surface area (Å²) in [4.78, 5) is 13.6. The smallest absolute Gasteiger partial charge is 0.304 e. The van der Waals surface area contributed by atoms with Gasteiger partial charge in [0.2, 0.25) is 0 Å². The van der Waals surface area contributed by atoms with Gasteiger partial charge in [-0.1, -0.05) is 35.1 Å². The van der Waals surface area contributed by atoms with Crippen molar-refractivity contribution >= 4 is 22.9 Å². The molecule has 0 radical (unpaired) electrons. The van der Waals surface area contributed by atoms with Crippen LogP contribution in [0.15, 0.2) is 34.4 Å². The minimum absolute atomic E-state index is 0.0108. The second kappa shape index (κ2) is 5.30. The highest BCUT2D eigenvalue weighted by atomic mass is 35.5. The van der Waals surface area contributed by atoms with Crippen molar-refractivity contribution in [3.63, 3.8) is 0 Å². The van der Waals surface area contributed by atoms with Crippen molar-refractivity contribution in [1.29, 1.82) is 0 Å². The van der Waals surface area contributed by atoms with Crippen LogP contribution in [-0.2, 0) is 13.1 Å². The minimum Gasteiger partial charge on any atom is -0.315 e. The summed E-state index contributed by atoms with van der Waals surface area (Å²) in [5.41, 5.74) is 2.09. The fourth-order valence-electron chi connectivity index (χ4n) is 1.34. The summed E-state index contributed by atoms with van der Waals surface area (Å²) in [6, 6.07) is 7.69. The number of hydrogen-bond donors (Lipinski definition) is 2. The molecule has 0 aliphatic heterocycles. The number of H-pyrrole nitrogens is 1. The minimum atomic E-state index is -0.0108. The second-order valence-electron chi connectivity index (χ2n) is 3.40. The molecule has 0 amide bonds. The largest absolute Gasteiger partial charge is 0.315 e. The van der Waals surface area contributed by atoms with Crippen molar-refractivity contribution in [2.45, 2.75) is 13.1 Å². The van der Waals surface area contributed by atoms with Crippen LogP contribution in [0.25, 0.3) is 0 Å². The predicted molar refractivity (Wildman–Crippen MR) is 66.9 cm³/mol.